The van der Waals surface area contributed by atoms with Crippen molar-refractivity contribution in [3.63, 3.8) is 0 Å². The number of thiophene rings is 1. The topological polar surface area (TPSA) is 57.6 Å². The van der Waals surface area contributed by atoms with Crippen molar-refractivity contribution in [2.24, 2.45) is 7.05 Å². The van der Waals surface area contributed by atoms with E-state index in [1.807, 2.05) is 53.0 Å². The lowest BCUT2D eigenvalue weighted by molar-refractivity contribution is 0.0620. The predicted molar refractivity (Wildman–Crippen MR) is 129 cm³/mol. The Morgan fingerprint density at radius 3 is 2.53 bits per heavy atom. The summed E-state index contributed by atoms with van der Waals surface area (Å²) in [5.74, 6) is -0.0433. The van der Waals surface area contributed by atoms with Gasteiger partial charge in [-0.2, -0.15) is 0 Å². The highest BCUT2D eigenvalue weighted by Gasteiger charge is 2.24. The summed E-state index contributed by atoms with van der Waals surface area (Å²) in [6.45, 7) is 4.14. The lowest BCUT2D eigenvalue weighted by atomic mass is 10.2. The van der Waals surface area contributed by atoms with Crippen molar-refractivity contribution in [1.29, 1.82) is 0 Å². The van der Waals surface area contributed by atoms with E-state index in [4.69, 9.17) is 23.2 Å². The molecular weight excluding hydrogens is 467 g/mol. The maximum absolute atomic E-state index is 12.7. The number of nitrogens with zero attached hydrogens (tertiary/aromatic N) is 3. The molecule has 6 nitrogen and oxygen atoms in total. The monoisotopic (exact) mass is 490 g/mol. The molecule has 1 N–H and O–H groups in total. The summed E-state index contributed by atoms with van der Waals surface area (Å²) in [4.78, 5) is 31.2. The molecule has 0 spiro atoms. The molecule has 168 valence electrons. The number of carbonyl (C=O) groups is 2. The first-order valence-corrected chi connectivity index (χ1v) is 11.9. The molecule has 2 aromatic heterocycles. The number of amides is 2. The fourth-order valence-corrected chi connectivity index (χ4v) is 5.13. The van der Waals surface area contributed by atoms with Gasteiger partial charge in [-0.05, 0) is 42.0 Å². The van der Waals surface area contributed by atoms with Crippen LogP contribution in [-0.2, 0) is 20.1 Å². The maximum Gasteiger partial charge on any atom is 0.270 e. The summed E-state index contributed by atoms with van der Waals surface area (Å²) >= 11 is 13.6. The molecule has 3 heterocycles. The van der Waals surface area contributed by atoms with Crippen molar-refractivity contribution in [2.75, 3.05) is 26.2 Å². The van der Waals surface area contributed by atoms with Crippen LogP contribution in [0.2, 0.25) is 10.0 Å². The van der Waals surface area contributed by atoms with Gasteiger partial charge in [-0.3, -0.25) is 14.5 Å². The minimum atomic E-state index is -0.120. The second kappa shape index (κ2) is 10.1. The molecule has 1 fully saturated rings. The summed E-state index contributed by atoms with van der Waals surface area (Å²) in [5, 5.41) is 4.02. The predicted octanol–water partition coefficient (Wildman–Crippen LogP) is 4.28. The Balaban J connectivity index is 1.27. The number of aryl methyl sites for hydroxylation is 1. The average Bonchev–Trinajstić information content (AvgIpc) is 3.42. The van der Waals surface area contributed by atoms with Crippen molar-refractivity contribution in [3.05, 3.63) is 79.7 Å². The van der Waals surface area contributed by atoms with Crippen molar-refractivity contribution in [2.45, 2.75) is 13.1 Å². The third-order valence-corrected chi connectivity index (χ3v) is 7.20. The number of aromatic nitrogens is 1. The molecule has 0 radical (unpaired) electrons. The van der Waals surface area contributed by atoms with E-state index in [1.54, 1.807) is 12.1 Å². The highest BCUT2D eigenvalue weighted by Crippen LogP contribution is 2.22. The van der Waals surface area contributed by atoms with Crippen LogP contribution < -0.4 is 5.32 Å². The molecule has 1 saturated heterocycles. The Morgan fingerprint density at radius 1 is 1.06 bits per heavy atom. The number of nitrogens with one attached hydrogen (secondary N) is 1. The van der Waals surface area contributed by atoms with Gasteiger partial charge in [-0.25, -0.2) is 0 Å². The van der Waals surface area contributed by atoms with Crippen LogP contribution in [0.25, 0.3) is 0 Å². The van der Waals surface area contributed by atoms with E-state index in [-0.39, 0.29) is 11.8 Å². The number of benzene rings is 1. The van der Waals surface area contributed by atoms with Crippen LogP contribution in [0.5, 0.6) is 0 Å². The summed E-state index contributed by atoms with van der Waals surface area (Å²) in [6.07, 6.45) is 1.89. The Bertz CT molecular complexity index is 1120. The molecule has 1 aliphatic heterocycles. The first-order chi connectivity index (χ1) is 15.4. The molecule has 1 aromatic carbocycles. The number of hydrogen-bond donors (Lipinski definition) is 1. The van der Waals surface area contributed by atoms with Gasteiger partial charge < -0.3 is 14.8 Å². The standard InChI is InChI=1S/C23H24Cl2N4O2S/c1-27-8-2-3-20(27)23(31)29-11-9-28(10-12-29)15-18-6-7-21(32-18)22(30)26-14-16-4-5-17(24)13-19(16)25/h2-8,13H,9-12,14-15H2,1H3,(H,26,30). The minimum absolute atomic E-state index is 0.0769. The summed E-state index contributed by atoms with van der Waals surface area (Å²) in [5.41, 5.74) is 1.54. The number of rotatable bonds is 6. The number of piperazine rings is 1. The second-order valence-electron chi connectivity index (χ2n) is 7.76. The third-order valence-electron chi connectivity index (χ3n) is 5.54. The number of carbonyl (C=O) groups excluding carboxylic acids is 2. The molecule has 0 unspecified atom stereocenters. The zero-order valence-electron chi connectivity index (χ0n) is 17.7. The summed E-state index contributed by atoms with van der Waals surface area (Å²) in [6, 6.07) is 12.8. The van der Waals surface area contributed by atoms with Crippen LogP contribution in [0.3, 0.4) is 0 Å². The normalized spacial score (nSPS) is 14.5. The van der Waals surface area contributed by atoms with Crippen molar-refractivity contribution >= 4 is 46.4 Å². The van der Waals surface area contributed by atoms with Crippen LogP contribution in [0.1, 0.15) is 30.6 Å². The van der Waals surface area contributed by atoms with E-state index in [9.17, 15) is 9.59 Å². The molecule has 0 saturated carbocycles. The molecule has 9 heteroatoms. The first-order valence-electron chi connectivity index (χ1n) is 10.3. The van der Waals surface area contributed by atoms with E-state index in [0.717, 1.165) is 30.1 Å². The highest BCUT2D eigenvalue weighted by molar-refractivity contribution is 7.14. The molecule has 1 aliphatic rings. The molecule has 32 heavy (non-hydrogen) atoms. The molecule has 0 aliphatic carbocycles. The van der Waals surface area contributed by atoms with Crippen LogP contribution in [0, 0.1) is 0 Å². The number of halogens is 2. The molecule has 4 rings (SSSR count). The fourth-order valence-electron chi connectivity index (χ4n) is 3.69. The fraction of sp³-hybridized carbons (Fsp3) is 0.304. The summed E-state index contributed by atoms with van der Waals surface area (Å²) in [7, 11) is 1.89. The van der Waals surface area contributed by atoms with Crippen molar-refractivity contribution in [3.8, 4) is 0 Å². The Labute approximate surface area is 201 Å². The first kappa shape index (κ1) is 22.9. The lowest BCUT2D eigenvalue weighted by Gasteiger charge is -2.34. The largest absolute Gasteiger partial charge is 0.347 e. The van der Waals surface area contributed by atoms with E-state index < -0.39 is 0 Å². The Morgan fingerprint density at radius 2 is 1.84 bits per heavy atom. The Hall–Kier alpha value is -2.32. The molecule has 2 amide bonds. The van der Waals surface area contributed by atoms with Gasteiger partial charge in [0, 0.05) is 67.4 Å². The lowest BCUT2D eigenvalue weighted by Crippen LogP contribution is -2.48. The van der Waals surface area contributed by atoms with Gasteiger partial charge in [0.1, 0.15) is 5.69 Å². The quantitative estimate of drug-likeness (QED) is 0.560. The number of hydrogen-bond acceptors (Lipinski definition) is 4. The van der Waals surface area contributed by atoms with Crippen LogP contribution >= 0.6 is 34.5 Å². The zero-order chi connectivity index (χ0) is 22.7. The van der Waals surface area contributed by atoms with Gasteiger partial charge in [0.05, 0.1) is 4.88 Å². The van der Waals surface area contributed by atoms with E-state index in [1.165, 1.54) is 11.3 Å². The van der Waals surface area contributed by atoms with E-state index in [2.05, 4.69) is 10.2 Å². The van der Waals surface area contributed by atoms with E-state index >= 15 is 0 Å². The van der Waals surface area contributed by atoms with Crippen LogP contribution in [-0.4, -0.2) is 52.4 Å². The maximum atomic E-state index is 12.7. The molecule has 0 atom stereocenters. The van der Waals surface area contributed by atoms with Gasteiger partial charge in [-0.1, -0.05) is 29.3 Å². The average molecular weight is 491 g/mol. The van der Waals surface area contributed by atoms with Crippen LogP contribution in [0.4, 0.5) is 0 Å². The smallest absolute Gasteiger partial charge is 0.270 e. The SMILES string of the molecule is Cn1cccc1C(=O)N1CCN(Cc2ccc(C(=O)NCc3ccc(Cl)cc3Cl)s2)CC1. The second-order valence-corrected chi connectivity index (χ2v) is 9.77. The molecular formula is C23H24Cl2N4O2S. The zero-order valence-corrected chi connectivity index (χ0v) is 20.0. The summed E-state index contributed by atoms with van der Waals surface area (Å²) < 4.78 is 1.85. The molecule has 3 aromatic rings. The van der Waals surface area contributed by atoms with Gasteiger partial charge in [0.2, 0.25) is 0 Å². The minimum Gasteiger partial charge on any atom is -0.347 e. The highest BCUT2D eigenvalue weighted by atomic mass is 35.5. The van der Waals surface area contributed by atoms with Crippen molar-refractivity contribution < 1.29 is 9.59 Å². The third kappa shape index (κ3) is 5.35. The molecule has 0 bridgehead atoms. The van der Waals surface area contributed by atoms with Gasteiger partial charge in [-0.15, -0.1) is 11.3 Å². The van der Waals surface area contributed by atoms with Gasteiger partial charge in [0.25, 0.3) is 11.8 Å². The van der Waals surface area contributed by atoms with Gasteiger partial charge >= 0.3 is 0 Å². The van der Waals surface area contributed by atoms with E-state index in [0.29, 0.717) is 40.3 Å². The van der Waals surface area contributed by atoms with Gasteiger partial charge in [0.15, 0.2) is 0 Å². The van der Waals surface area contributed by atoms with Crippen molar-refractivity contribution in [1.82, 2.24) is 19.7 Å². The van der Waals surface area contributed by atoms with Crippen LogP contribution in [0.15, 0.2) is 48.7 Å². The Kier molecular flexibility index (Phi) is 7.20.